The second-order valence-electron chi connectivity index (χ2n) is 5.62. The Morgan fingerprint density at radius 1 is 0.963 bits per heavy atom. The van der Waals surface area contributed by atoms with Crippen LogP contribution in [0.2, 0.25) is 0 Å². The van der Waals surface area contributed by atoms with Crippen molar-refractivity contribution in [2.24, 2.45) is 0 Å². The predicted molar refractivity (Wildman–Crippen MR) is 113 cm³/mol. The van der Waals surface area contributed by atoms with E-state index < -0.39 is 18.2 Å². The maximum atomic E-state index is 12.4. The van der Waals surface area contributed by atoms with Gasteiger partial charge in [-0.1, -0.05) is 79.0 Å². The van der Waals surface area contributed by atoms with Gasteiger partial charge in [-0.3, -0.25) is 20.4 Å². The van der Waals surface area contributed by atoms with Crippen molar-refractivity contribution in [3.8, 4) is 0 Å². The zero-order chi connectivity index (χ0) is 19.8. The van der Waals surface area contributed by atoms with Crippen molar-refractivity contribution in [1.82, 2.24) is 21.3 Å². The van der Waals surface area contributed by atoms with E-state index in [4.69, 9.17) is 24.4 Å². The lowest BCUT2D eigenvalue weighted by atomic mass is 10.1. The molecule has 27 heavy (non-hydrogen) atoms. The van der Waals surface area contributed by atoms with Gasteiger partial charge in [-0.15, -0.1) is 0 Å². The van der Waals surface area contributed by atoms with Crippen LogP contribution in [0.3, 0.4) is 0 Å². The normalized spacial score (nSPS) is 10.0. The van der Waals surface area contributed by atoms with Crippen molar-refractivity contribution >= 4 is 46.2 Å². The third-order valence-corrected chi connectivity index (χ3v) is 4.45. The van der Waals surface area contributed by atoms with Crippen LogP contribution in [0.15, 0.2) is 54.6 Å². The minimum Gasteiger partial charge on any atom is -0.288 e. The molecular formula is C19H20N4O2S2. The van der Waals surface area contributed by atoms with Gasteiger partial charge in [0.15, 0.2) is 0 Å². The average Bonchev–Trinajstić information content (AvgIpc) is 2.67. The number of rotatable bonds is 5. The maximum Gasteiger partial charge on any atom is 0.251 e. The van der Waals surface area contributed by atoms with E-state index >= 15 is 0 Å². The third kappa shape index (κ3) is 5.65. The molecule has 2 rings (SSSR count). The fourth-order valence-electron chi connectivity index (χ4n) is 2.33. The monoisotopic (exact) mass is 400 g/mol. The number of carbonyl (C=O) groups is 2. The van der Waals surface area contributed by atoms with Crippen LogP contribution in [0.5, 0.6) is 0 Å². The fraction of sp³-hybridized carbons (Fsp3) is 0.158. The Morgan fingerprint density at radius 3 is 2.22 bits per heavy atom. The highest BCUT2D eigenvalue weighted by Crippen LogP contribution is 2.07. The van der Waals surface area contributed by atoms with Crippen molar-refractivity contribution in [1.29, 1.82) is 0 Å². The molecule has 2 aromatic rings. The highest BCUT2D eigenvalue weighted by atomic mass is 32.1. The Hall–Kier alpha value is -2.68. The largest absolute Gasteiger partial charge is 0.288 e. The number of hydrogen-bond donors (Lipinski definition) is 3. The van der Waals surface area contributed by atoms with Gasteiger partial charge in [0.2, 0.25) is 5.91 Å². The summed E-state index contributed by atoms with van der Waals surface area (Å²) in [7, 11) is 1.57. The van der Waals surface area contributed by atoms with E-state index in [1.807, 2.05) is 49.4 Å². The lowest BCUT2D eigenvalue weighted by Crippen LogP contribution is -2.48. The molecule has 2 amide bonds. The summed E-state index contributed by atoms with van der Waals surface area (Å²) >= 11 is 10.6. The van der Waals surface area contributed by atoms with Crippen LogP contribution in [-0.2, 0) is 9.59 Å². The second-order valence-corrected chi connectivity index (χ2v) is 6.41. The number of aryl methyl sites for hydroxylation is 1. The Kier molecular flexibility index (Phi) is 7.54. The fourth-order valence-corrected chi connectivity index (χ4v) is 2.94. The Labute approximate surface area is 168 Å². The molecule has 140 valence electrons. The first-order valence-electron chi connectivity index (χ1n) is 8.18. The Balaban J connectivity index is 1.92. The Morgan fingerprint density at radius 2 is 1.59 bits per heavy atom. The minimum absolute atomic E-state index is 0.291. The van der Waals surface area contributed by atoms with Crippen molar-refractivity contribution in [3.05, 3.63) is 71.3 Å². The van der Waals surface area contributed by atoms with Gasteiger partial charge in [-0.25, -0.2) is 10.4 Å². The van der Waals surface area contributed by atoms with Gasteiger partial charge in [-0.2, -0.15) is 0 Å². The maximum absolute atomic E-state index is 12.4. The zero-order valence-corrected chi connectivity index (χ0v) is 16.6. The zero-order valence-electron chi connectivity index (χ0n) is 15.0. The van der Waals surface area contributed by atoms with Crippen LogP contribution in [0.4, 0.5) is 0 Å². The topological polar surface area (TPSA) is 73.5 Å². The molecule has 0 aliphatic heterocycles. The van der Waals surface area contributed by atoms with Gasteiger partial charge in [0.05, 0.1) is 0 Å². The van der Waals surface area contributed by atoms with Gasteiger partial charge in [0.1, 0.15) is 16.4 Å². The van der Waals surface area contributed by atoms with E-state index in [1.165, 1.54) is 5.01 Å². The lowest BCUT2D eigenvalue weighted by Gasteiger charge is -2.22. The van der Waals surface area contributed by atoms with Gasteiger partial charge >= 0.3 is 0 Å². The average molecular weight is 401 g/mol. The number of nitrogens with zero attached hydrogens (tertiary/aromatic N) is 1. The molecule has 0 radical (unpaired) electrons. The molecule has 0 heterocycles. The van der Waals surface area contributed by atoms with Gasteiger partial charge in [0.25, 0.3) is 5.91 Å². The van der Waals surface area contributed by atoms with Crippen LogP contribution in [0.1, 0.15) is 23.1 Å². The quantitative estimate of drug-likeness (QED) is 0.405. The van der Waals surface area contributed by atoms with Crippen LogP contribution >= 0.6 is 24.4 Å². The molecule has 6 nitrogen and oxygen atoms in total. The van der Waals surface area contributed by atoms with Crippen LogP contribution < -0.4 is 16.3 Å². The van der Waals surface area contributed by atoms with Crippen molar-refractivity contribution < 1.29 is 9.59 Å². The summed E-state index contributed by atoms with van der Waals surface area (Å²) in [5, 5.41) is 1.17. The van der Waals surface area contributed by atoms with Crippen LogP contribution in [-0.4, -0.2) is 33.8 Å². The molecule has 2 aromatic carbocycles. The van der Waals surface area contributed by atoms with Crippen LogP contribution in [0, 0.1) is 6.92 Å². The number of carbonyl (C=O) groups excluding carboxylic acids is 2. The van der Waals surface area contributed by atoms with Gasteiger partial charge in [0, 0.05) is 18.2 Å². The molecule has 0 saturated carbocycles. The SMILES string of the molecule is CNN(C(=O)CC(=O)NNC(=S)c1ccccc1C)C(=S)c1ccccc1. The summed E-state index contributed by atoms with van der Waals surface area (Å²) in [4.78, 5) is 25.2. The molecule has 0 aliphatic rings. The molecule has 0 spiro atoms. The van der Waals surface area contributed by atoms with Crippen molar-refractivity contribution in [2.75, 3.05) is 7.05 Å². The number of benzene rings is 2. The standard InChI is InChI=1S/C19H20N4O2S2/c1-13-8-6-7-11-15(13)18(26)22-21-16(24)12-17(25)23(20-2)19(27)14-9-4-3-5-10-14/h3-11,20H,12H2,1-2H3,(H,21,24)(H,22,26). The number of hydrazine groups is 2. The second kappa shape index (κ2) is 9.86. The molecule has 3 N–H and O–H groups in total. The number of amides is 2. The molecule has 8 heteroatoms. The first-order chi connectivity index (χ1) is 12.9. The summed E-state index contributed by atoms with van der Waals surface area (Å²) in [6.07, 6.45) is -0.392. The molecule has 0 unspecified atom stereocenters. The van der Waals surface area contributed by atoms with Gasteiger partial charge < -0.3 is 0 Å². The summed E-state index contributed by atoms with van der Waals surface area (Å²) in [5.41, 5.74) is 10.3. The molecule has 0 fully saturated rings. The van der Waals surface area contributed by atoms with E-state index in [9.17, 15) is 9.59 Å². The van der Waals surface area contributed by atoms with E-state index in [0.717, 1.165) is 11.1 Å². The smallest absolute Gasteiger partial charge is 0.251 e. The molecule has 0 aromatic heterocycles. The Bertz CT molecular complexity index is 856. The van der Waals surface area contributed by atoms with E-state index in [1.54, 1.807) is 19.2 Å². The van der Waals surface area contributed by atoms with Crippen LogP contribution in [0.25, 0.3) is 0 Å². The molecule has 0 saturated heterocycles. The predicted octanol–water partition coefficient (Wildman–Crippen LogP) is 2.02. The summed E-state index contributed by atoms with van der Waals surface area (Å²) < 4.78 is 0. The van der Waals surface area contributed by atoms with Crippen molar-refractivity contribution in [3.63, 3.8) is 0 Å². The van der Waals surface area contributed by atoms with Gasteiger partial charge in [-0.05, 0) is 12.5 Å². The summed E-state index contributed by atoms with van der Waals surface area (Å²) in [6, 6.07) is 16.6. The summed E-state index contributed by atoms with van der Waals surface area (Å²) in [6.45, 7) is 1.92. The van der Waals surface area contributed by atoms with Crippen molar-refractivity contribution in [2.45, 2.75) is 13.3 Å². The number of thiocarbonyl (C=S) groups is 2. The number of hydrogen-bond acceptors (Lipinski definition) is 5. The molecule has 0 atom stereocenters. The molecule has 0 bridgehead atoms. The lowest BCUT2D eigenvalue weighted by molar-refractivity contribution is -0.134. The molecular weight excluding hydrogens is 380 g/mol. The summed E-state index contributed by atoms with van der Waals surface area (Å²) in [5.74, 6) is -1.00. The highest BCUT2D eigenvalue weighted by Gasteiger charge is 2.21. The number of nitrogens with one attached hydrogen (secondary N) is 3. The first kappa shape index (κ1) is 20.6. The van der Waals surface area contributed by atoms with E-state index in [0.29, 0.717) is 15.5 Å². The molecule has 0 aliphatic carbocycles. The van der Waals surface area contributed by atoms with E-state index in [2.05, 4.69) is 16.3 Å². The first-order valence-corrected chi connectivity index (χ1v) is 9.00. The van der Waals surface area contributed by atoms with E-state index in [-0.39, 0.29) is 0 Å². The third-order valence-electron chi connectivity index (χ3n) is 3.71. The minimum atomic E-state index is -0.521. The highest BCUT2D eigenvalue weighted by molar-refractivity contribution is 7.81.